The first-order chi connectivity index (χ1) is 14.0. The maximum atomic E-state index is 12.5. The Morgan fingerprint density at radius 1 is 1.17 bits per heavy atom. The number of thiazole rings is 1. The highest BCUT2D eigenvalue weighted by Crippen LogP contribution is 2.31. The summed E-state index contributed by atoms with van der Waals surface area (Å²) in [6.07, 6.45) is 0.376. The Labute approximate surface area is 170 Å². The first-order valence-corrected chi connectivity index (χ1v) is 9.87. The summed E-state index contributed by atoms with van der Waals surface area (Å²) < 4.78 is 6.29. The molecule has 3 aromatic rings. The molecule has 0 aliphatic carbocycles. The van der Waals surface area contributed by atoms with Gasteiger partial charge in [-0.15, -0.1) is 0 Å². The lowest BCUT2D eigenvalue weighted by molar-refractivity contribution is -0.123. The van der Waals surface area contributed by atoms with Crippen LogP contribution in [0.25, 0.3) is 10.2 Å². The van der Waals surface area contributed by atoms with Gasteiger partial charge in [-0.2, -0.15) is 0 Å². The zero-order chi connectivity index (χ0) is 20.4. The van der Waals surface area contributed by atoms with E-state index in [9.17, 15) is 14.4 Å². The summed E-state index contributed by atoms with van der Waals surface area (Å²) in [5.74, 6) is -0.132. The number of para-hydroxylation sites is 2. The lowest BCUT2D eigenvalue weighted by Crippen LogP contribution is -2.43. The summed E-state index contributed by atoms with van der Waals surface area (Å²) in [7, 11) is 0. The van der Waals surface area contributed by atoms with E-state index in [1.54, 1.807) is 37.3 Å². The highest BCUT2D eigenvalue weighted by atomic mass is 32.1. The van der Waals surface area contributed by atoms with Crippen LogP contribution < -0.4 is 20.3 Å². The van der Waals surface area contributed by atoms with Gasteiger partial charge >= 0.3 is 0 Å². The van der Waals surface area contributed by atoms with Crippen molar-refractivity contribution in [2.45, 2.75) is 13.3 Å². The summed E-state index contributed by atoms with van der Waals surface area (Å²) in [4.78, 5) is 42.1. The number of carbonyl (C=O) groups excluding carboxylic acids is 3. The van der Waals surface area contributed by atoms with Gasteiger partial charge in [-0.3, -0.25) is 19.3 Å². The topological polar surface area (TPSA) is 101 Å². The molecule has 0 saturated heterocycles. The van der Waals surface area contributed by atoms with Crippen molar-refractivity contribution in [2.75, 3.05) is 28.7 Å². The van der Waals surface area contributed by atoms with Crippen molar-refractivity contribution < 1.29 is 19.1 Å². The number of nitrogens with zero attached hydrogens (tertiary/aromatic N) is 2. The van der Waals surface area contributed by atoms with Gasteiger partial charge in [0.15, 0.2) is 11.7 Å². The van der Waals surface area contributed by atoms with Crippen LogP contribution in [0, 0.1) is 0 Å². The minimum absolute atomic E-state index is 0.0959. The second kappa shape index (κ2) is 7.88. The van der Waals surface area contributed by atoms with Crippen molar-refractivity contribution in [1.29, 1.82) is 0 Å². The zero-order valence-corrected chi connectivity index (χ0v) is 16.4. The summed E-state index contributed by atoms with van der Waals surface area (Å²) in [6, 6.07) is 12.4. The number of carbonyl (C=O) groups is 3. The Morgan fingerprint density at radius 3 is 2.83 bits per heavy atom. The number of anilines is 3. The van der Waals surface area contributed by atoms with E-state index in [0.29, 0.717) is 34.2 Å². The molecule has 1 aromatic heterocycles. The van der Waals surface area contributed by atoms with Crippen LogP contribution in [0.3, 0.4) is 0 Å². The molecular formula is C20H18N4O4S. The summed E-state index contributed by atoms with van der Waals surface area (Å²) in [5, 5.41) is 6.05. The molecule has 0 fully saturated rings. The standard InChI is InChI=1S/C20H18N4O4S/c1-2-17(25)23-20-22-13-9-12(7-8-16(13)29-20)21-18(26)10-24-14-5-3-4-6-15(14)28-11-19(24)27/h3-9H,2,10-11H2,1H3,(H,21,26)(H,22,23,25). The van der Waals surface area contributed by atoms with Gasteiger partial charge in [0, 0.05) is 12.1 Å². The van der Waals surface area contributed by atoms with Crippen LogP contribution in [0.15, 0.2) is 42.5 Å². The highest BCUT2D eigenvalue weighted by Gasteiger charge is 2.27. The summed E-state index contributed by atoms with van der Waals surface area (Å²) in [6.45, 7) is 1.56. The first-order valence-electron chi connectivity index (χ1n) is 9.06. The molecule has 2 N–H and O–H groups in total. The van der Waals surface area contributed by atoms with E-state index in [2.05, 4.69) is 15.6 Å². The smallest absolute Gasteiger partial charge is 0.265 e. The summed E-state index contributed by atoms with van der Waals surface area (Å²) in [5.41, 5.74) is 1.81. The van der Waals surface area contributed by atoms with E-state index in [0.717, 1.165) is 4.70 Å². The molecule has 0 bridgehead atoms. The number of hydrogen-bond acceptors (Lipinski definition) is 6. The van der Waals surface area contributed by atoms with Crippen LogP contribution in [0.5, 0.6) is 5.75 Å². The van der Waals surface area contributed by atoms with E-state index >= 15 is 0 Å². The zero-order valence-electron chi connectivity index (χ0n) is 15.6. The Bertz CT molecular complexity index is 1110. The SMILES string of the molecule is CCC(=O)Nc1nc2cc(NC(=O)CN3C(=O)COc4ccccc43)ccc2s1. The number of hydrogen-bond donors (Lipinski definition) is 2. The van der Waals surface area contributed by atoms with E-state index < -0.39 is 0 Å². The fourth-order valence-electron chi connectivity index (χ4n) is 2.94. The Kier molecular flexibility index (Phi) is 5.13. The molecule has 4 rings (SSSR count). The lowest BCUT2D eigenvalue weighted by atomic mass is 10.2. The predicted octanol–water partition coefficient (Wildman–Crippen LogP) is 3.01. The van der Waals surface area contributed by atoms with Crippen LogP contribution in [-0.4, -0.2) is 35.9 Å². The molecule has 0 atom stereocenters. The molecule has 3 amide bonds. The second-order valence-corrected chi connectivity index (χ2v) is 7.42. The maximum absolute atomic E-state index is 12.5. The molecule has 8 nitrogen and oxygen atoms in total. The molecule has 0 spiro atoms. The molecule has 0 unspecified atom stereocenters. The third-order valence-electron chi connectivity index (χ3n) is 4.35. The van der Waals surface area contributed by atoms with Gasteiger partial charge < -0.3 is 15.4 Å². The van der Waals surface area contributed by atoms with Crippen molar-refractivity contribution in [3.63, 3.8) is 0 Å². The molecule has 1 aliphatic rings. The minimum atomic E-state index is -0.329. The van der Waals surface area contributed by atoms with Crippen LogP contribution in [0.4, 0.5) is 16.5 Å². The molecule has 1 aliphatic heterocycles. The van der Waals surface area contributed by atoms with Gasteiger partial charge in [-0.25, -0.2) is 4.98 Å². The molecule has 148 valence electrons. The van der Waals surface area contributed by atoms with E-state index in [-0.39, 0.29) is 30.9 Å². The maximum Gasteiger partial charge on any atom is 0.265 e. The van der Waals surface area contributed by atoms with Crippen molar-refractivity contribution >= 4 is 55.8 Å². The number of nitrogens with one attached hydrogen (secondary N) is 2. The van der Waals surface area contributed by atoms with E-state index in [1.165, 1.54) is 16.2 Å². The monoisotopic (exact) mass is 410 g/mol. The molecular weight excluding hydrogens is 392 g/mol. The molecule has 9 heteroatoms. The van der Waals surface area contributed by atoms with Gasteiger partial charge in [0.1, 0.15) is 12.3 Å². The lowest BCUT2D eigenvalue weighted by Gasteiger charge is -2.28. The first kappa shape index (κ1) is 18.9. The quantitative estimate of drug-likeness (QED) is 0.673. The number of benzene rings is 2. The molecule has 2 heterocycles. The van der Waals surface area contributed by atoms with Crippen molar-refractivity contribution in [2.24, 2.45) is 0 Å². The van der Waals surface area contributed by atoms with Gasteiger partial charge in [0.25, 0.3) is 5.91 Å². The second-order valence-electron chi connectivity index (χ2n) is 6.39. The Balaban J connectivity index is 1.48. The summed E-state index contributed by atoms with van der Waals surface area (Å²) >= 11 is 1.37. The average Bonchev–Trinajstić information content (AvgIpc) is 3.11. The molecule has 29 heavy (non-hydrogen) atoms. The van der Waals surface area contributed by atoms with Gasteiger partial charge in [-0.1, -0.05) is 30.4 Å². The molecule has 0 saturated carbocycles. The van der Waals surface area contributed by atoms with E-state index in [1.807, 2.05) is 12.1 Å². The number of rotatable bonds is 5. The van der Waals surface area contributed by atoms with Gasteiger partial charge in [0.05, 0.1) is 15.9 Å². The average molecular weight is 410 g/mol. The third-order valence-corrected chi connectivity index (χ3v) is 5.30. The van der Waals surface area contributed by atoms with Crippen LogP contribution >= 0.6 is 11.3 Å². The van der Waals surface area contributed by atoms with Gasteiger partial charge in [-0.05, 0) is 30.3 Å². The van der Waals surface area contributed by atoms with Gasteiger partial charge in [0.2, 0.25) is 11.8 Å². The molecule has 0 radical (unpaired) electrons. The highest BCUT2D eigenvalue weighted by molar-refractivity contribution is 7.22. The number of aromatic nitrogens is 1. The number of ether oxygens (including phenoxy) is 1. The van der Waals surface area contributed by atoms with Crippen LogP contribution in [-0.2, 0) is 14.4 Å². The van der Waals surface area contributed by atoms with Crippen LogP contribution in [0.1, 0.15) is 13.3 Å². The Hall–Kier alpha value is -3.46. The normalized spacial score (nSPS) is 13.0. The fourth-order valence-corrected chi connectivity index (χ4v) is 3.80. The van der Waals surface area contributed by atoms with Crippen molar-refractivity contribution in [3.8, 4) is 5.75 Å². The molecule has 2 aromatic carbocycles. The fraction of sp³-hybridized carbons (Fsp3) is 0.200. The third kappa shape index (κ3) is 4.04. The van der Waals surface area contributed by atoms with Crippen molar-refractivity contribution in [1.82, 2.24) is 4.98 Å². The largest absolute Gasteiger partial charge is 0.482 e. The minimum Gasteiger partial charge on any atom is -0.482 e. The number of fused-ring (bicyclic) bond motifs is 2. The van der Waals surface area contributed by atoms with Crippen LogP contribution in [0.2, 0.25) is 0 Å². The predicted molar refractivity (Wildman–Crippen MR) is 111 cm³/mol. The van der Waals surface area contributed by atoms with E-state index in [4.69, 9.17) is 4.74 Å². The Morgan fingerprint density at radius 2 is 2.00 bits per heavy atom. The number of amides is 3. The van der Waals surface area contributed by atoms with Crippen molar-refractivity contribution in [3.05, 3.63) is 42.5 Å².